The molecule has 0 saturated heterocycles. The summed E-state index contributed by atoms with van der Waals surface area (Å²) >= 11 is 1.49. The summed E-state index contributed by atoms with van der Waals surface area (Å²) in [6.45, 7) is 3.94. The van der Waals surface area contributed by atoms with E-state index in [2.05, 4.69) is 35.8 Å². The van der Waals surface area contributed by atoms with Crippen LogP contribution < -0.4 is 16.4 Å². The van der Waals surface area contributed by atoms with E-state index in [4.69, 9.17) is 5.73 Å². The first-order chi connectivity index (χ1) is 13.9. The number of primary amides is 1. The molecule has 0 fully saturated rings. The Morgan fingerprint density at radius 1 is 1.03 bits per heavy atom. The molecule has 0 radical (unpaired) electrons. The van der Waals surface area contributed by atoms with Crippen molar-refractivity contribution < 1.29 is 9.59 Å². The Hall–Kier alpha value is -2.18. The van der Waals surface area contributed by atoms with E-state index in [-0.39, 0.29) is 11.9 Å². The number of hydrogen-bond acceptors (Lipinski definition) is 4. The van der Waals surface area contributed by atoms with E-state index in [9.17, 15) is 9.59 Å². The maximum Gasteiger partial charge on any atom is 0.251 e. The largest absolute Gasteiger partial charge is 0.365 e. The van der Waals surface area contributed by atoms with Crippen LogP contribution in [-0.2, 0) is 30.5 Å². The molecular weight excluding hydrogens is 382 g/mol. The van der Waals surface area contributed by atoms with E-state index in [1.807, 2.05) is 6.92 Å². The molecule has 0 spiro atoms. The van der Waals surface area contributed by atoms with Crippen LogP contribution >= 0.6 is 11.3 Å². The van der Waals surface area contributed by atoms with E-state index in [0.29, 0.717) is 10.6 Å². The van der Waals surface area contributed by atoms with Gasteiger partial charge in [-0.25, -0.2) is 0 Å². The standard InChI is InChI=1S/C23H29N3O2S/c1-13(16-11-10-15-6-3-4-7-17(15)12-16)25-14(2)22(28)26-23-20(21(24)27)18-8-5-9-19(18)29-23/h10-14,25H,3-9H2,1-2H3,(H2,24,27)(H,26,28)/t13-,14-/m1/s1. The smallest absolute Gasteiger partial charge is 0.251 e. The van der Waals surface area contributed by atoms with E-state index in [1.54, 1.807) is 0 Å². The van der Waals surface area contributed by atoms with Crippen molar-refractivity contribution in [2.45, 2.75) is 70.9 Å². The first kappa shape index (κ1) is 20.1. The van der Waals surface area contributed by atoms with Gasteiger partial charge in [-0.1, -0.05) is 18.2 Å². The average molecular weight is 412 g/mol. The molecule has 1 heterocycles. The molecule has 4 N–H and O–H groups in total. The monoisotopic (exact) mass is 411 g/mol. The predicted octanol–water partition coefficient (Wildman–Crippen LogP) is 3.89. The molecule has 1 aromatic carbocycles. The topological polar surface area (TPSA) is 84.2 Å². The zero-order valence-corrected chi connectivity index (χ0v) is 18.0. The minimum absolute atomic E-state index is 0.0620. The van der Waals surface area contributed by atoms with Crippen LogP contribution in [0.1, 0.15) is 76.6 Å². The Morgan fingerprint density at radius 3 is 2.55 bits per heavy atom. The number of benzene rings is 1. The van der Waals surface area contributed by atoms with Gasteiger partial charge in [-0.15, -0.1) is 11.3 Å². The van der Waals surface area contributed by atoms with Crippen LogP contribution in [0.3, 0.4) is 0 Å². The zero-order valence-electron chi connectivity index (χ0n) is 17.1. The number of rotatable bonds is 6. The maximum absolute atomic E-state index is 12.8. The van der Waals surface area contributed by atoms with Crippen molar-refractivity contribution in [3.63, 3.8) is 0 Å². The number of nitrogens with one attached hydrogen (secondary N) is 2. The lowest BCUT2D eigenvalue weighted by Crippen LogP contribution is -2.39. The maximum atomic E-state index is 12.8. The summed E-state index contributed by atoms with van der Waals surface area (Å²) in [5, 5.41) is 6.94. The SMILES string of the molecule is C[C@@H](N[C@H](C)c1ccc2c(c1)CCCC2)C(=O)Nc1sc2c(c1C(N)=O)CCC2. The van der Waals surface area contributed by atoms with E-state index in [0.717, 1.165) is 31.2 Å². The van der Waals surface area contributed by atoms with Crippen LogP contribution in [0.5, 0.6) is 0 Å². The number of thiophene rings is 1. The highest BCUT2D eigenvalue weighted by Gasteiger charge is 2.27. The number of carbonyl (C=O) groups is 2. The summed E-state index contributed by atoms with van der Waals surface area (Å²) in [6.07, 6.45) is 7.71. The summed E-state index contributed by atoms with van der Waals surface area (Å²) in [6, 6.07) is 6.36. The molecule has 2 aliphatic rings. The second-order valence-corrected chi connectivity index (χ2v) is 9.37. The molecule has 6 heteroatoms. The fourth-order valence-electron chi connectivity index (χ4n) is 4.54. The summed E-state index contributed by atoms with van der Waals surface area (Å²) in [4.78, 5) is 25.9. The molecular formula is C23H29N3O2S. The quantitative estimate of drug-likeness (QED) is 0.674. The van der Waals surface area contributed by atoms with E-state index >= 15 is 0 Å². The Morgan fingerprint density at radius 2 is 1.79 bits per heavy atom. The second kappa shape index (κ2) is 8.28. The number of carbonyl (C=O) groups excluding carboxylic acids is 2. The fraction of sp³-hybridized carbons (Fsp3) is 0.478. The van der Waals surface area contributed by atoms with E-state index < -0.39 is 11.9 Å². The molecule has 2 amide bonds. The number of fused-ring (bicyclic) bond motifs is 2. The van der Waals surface area contributed by atoms with Gasteiger partial charge in [0.25, 0.3) is 5.91 Å². The van der Waals surface area contributed by atoms with Gasteiger partial charge in [-0.05, 0) is 81.0 Å². The predicted molar refractivity (Wildman–Crippen MR) is 118 cm³/mol. The highest BCUT2D eigenvalue weighted by Crippen LogP contribution is 2.38. The van der Waals surface area contributed by atoms with Crippen molar-refractivity contribution in [1.29, 1.82) is 0 Å². The molecule has 1 aromatic heterocycles. The highest BCUT2D eigenvalue weighted by molar-refractivity contribution is 7.17. The number of anilines is 1. The molecule has 0 unspecified atom stereocenters. The van der Waals surface area contributed by atoms with Gasteiger partial charge in [0.15, 0.2) is 0 Å². The molecule has 154 valence electrons. The van der Waals surface area contributed by atoms with Gasteiger partial charge < -0.3 is 11.1 Å². The molecule has 5 nitrogen and oxygen atoms in total. The van der Waals surface area contributed by atoms with Gasteiger partial charge in [-0.2, -0.15) is 0 Å². The Bertz CT molecular complexity index is 950. The molecule has 4 rings (SSSR count). The van der Waals surface area contributed by atoms with Gasteiger partial charge in [0.1, 0.15) is 5.00 Å². The van der Waals surface area contributed by atoms with Crippen LogP contribution in [0.15, 0.2) is 18.2 Å². The Kier molecular flexibility index (Phi) is 5.74. The van der Waals surface area contributed by atoms with Crippen molar-refractivity contribution in [2.24, 2.45) is 5.73 Å². The van der Waals surface area contributed by atoms with Crippen molar-refractivity contribution in [3.8, 4) is 0 Å². The van der Waals surface area contributed by atoms with Crippen LogP contribution in [0.4, 0.5) is 5.00 Å². The van der Waals surface area contributed by atoms with Crippen molar-refractivity contribution >= 4 is 28.2 Å². The molecule has 0 aliphatic heterocycles. The molecule has 2 aliphatic carbocycles. The summed E-state index contributed by atoms with van der Waals surface area (Å²) in [5.74, 6) is -0.597. The minimum atomic E-state index is -0.456. The number of aryl methyl sites for hydroxylation is 3. The van der Waals surface area contributed by atoms with Gasteiger partial charge in [0.2, 0.25) is 5.91 Å². The average Bonchev–Trinajstić information content (AvgIpc) is 3.27. The van der Waals surface area contributed by atoms with Crippen LogP contribution in [0.2, 0.25) is 0 Å². The molecule has 29 heavy (non-hydrogen) atoms. The summed E-state index contributed by atoms with van der Waals surface area (Å²) < 4.78 is 0. The van der Waals surface area contributed by atoms with E-state index in [1.165, 1.54) is 52.2 Å². The molecule has 2 atom stereocenters. The van der Waals surface area contributed by atoms with Crippen molar-refractivity contribution in [3.05, 3.63) is 50.9 Å². The number of hydrogen-bond donors (Lipinski definition) is 3. The third kappa shape index (κ3) is 4.09. The Labute approximate surface area is 176 Å². The van der Waals surface area contributed by atoms with Gasteiger partial charge in [0.05, 0.1) is 11.6 Å². The highest BCUT2D eigenvalue weighted by atomic mass is 32.1. The fourth-order valence-corrected chi connectivity index (χ4v) is 5.84. The minimum Gasteiger partial charge on any atom is -0.365 e. The number of nitrogens with two attached hydrogens (primary N) is 1. The molecule has 0 bridgehead atoms. The van der Waals surface area contributed by atoms with Gasteiger partial charge >= 0.3 is 0 Å². The zero-order chi connectivity index (χ0) is 20.5. The summed E-state index contributed by atoms with van der Waals surface area (Å²) in [5.41, 5.74) is 11.2. The van der Waals surface area contributed by atoms with Gasteiger partial charge in [0, 0.05) is 10.9 Å². The number of amides is 2. The van der Waals surface area contributed by atoms with Crippen LogP contribution in [-0.4, -0.2) is 17.9 Å². The van der Waals surface area contributed by atoms with Crippen molar-refractivity contribution in [1.82, 2.24) is 5.32 Å². The van der Waals surface area contributed by atoms with Crippen molar-refractivity contribution in [2.75, 3.05) is 5.32 Å². The van der Waals surface area contributed by atoms with Crippen LogP contribution in [0.25, 0.3) is 0 Å². The van der Waals surface area contributed by atoms with Crippen LogP contribution in [0, 0.1) is 0 Å². The lowest BCUT2D eigenvalue weighted by Gasteiger charge is -2.22. The normalized spacial score (nSPS) is 17.3. The summed E-state index contributed by atoms with van der Waals surface area (Å²) in [7, 11) is 0. The lowest BCUT2D eigenvalue weighted by atomic mass is 9.89. The first-order valence-electron chi connectivity index (χ1n) is 10.6. The molecule has 2 aromatic rings. The lowest BCUT2D eigenvalue weighted by molar-refractivity contribution is -0.117. The first-order valence-corrected chi connectivity index (χ1v) is 11.4. The Balaban J connectivity index is 1.43. The van der Waals surface area contributed by atoms with Gasteiger partial charge in [-0.3, -0.25) is 14.9 Å². The molecule has 0 saturated carbocycles. The third-order valence-electron chi connectivity index (χ3n) is 6.17. The second-order valence-electron chi connectivity index (χ2n) is 8.26. The third-order valence-corrected chi connectivity index (χ3v) is 7.38.